The fourth-order valence-electron chi connectivity index (χ4n) is 2.70. The Labute approximate surface area is 164 Å². The van der Waals surface area contributed by atoms with E-state index in [1.54, 1.807) is 36.7 Å². The lowest BCUT2D eigenvalue weighted by atomic mass is 10.0. The van der Waals surface area contributed by atoms with Crippen molar-refractivity contribution < 1.29 is 9.59 Å². The van der Waals surface area contributed by atoms with Gasteiger partial charge in [0, 0.05) is 11.1 Å². The highest BCUT2D eigenvalue weighted by Crippen LogP contribution is 2.15. The molecule has 0 bridgehead atoms. The molecule has 2 amide bonds. The van der Waals surface area contributed by atoms with Crippen LogP contribution in [0.15, 0.2) is 73.1 Å². The fraction of sp³-hybridized carbons (Fsp3) is 0.182. The first-order chi connectivity index (χ1) is 13.5. The summed E-state index contributed by atoms with van der Waals surface area (Å²) in [5, 5.41) is 5.58. The zero-order chi connectivity index (χ0) is 19.9. The van der Waals surface area contributed by atoms with Gasteiger partial charge in [-0.1, -0.05) is 62.4 Å². The number of carbonyl (C=O) groups excluding carboxylic acids is 2. The summed E-state index contributed by atoms with van der Waals surface area (Å²) in [6, 6.07) is 17.7. The summed E-state index contributed by atoms with van der Waals surface area (Å²) in [6.07, 6.45) is 3.12. The average molecular weight is 374 g/mol. The Hall–Kier alpha value is -3.54. The molecular weight excluding hydrogens is 352 g/mol. The maximum Gasteiger partial charge on any atom is 0.251 e. The Morgan fingerprint density at radius 3 is 2.00 bits per heavy atom. The molecule has 3 rings (SSSR count). The summed E-state index contributed by atoms with van der Waals surface area (Å²) in [7, 11) is 0. The third-order valence-corrected chi connectivity index (χ3v) is 4.22. The Morgan fingerprint density at radius 2 is 1.43 bits per heavy atom. The maximum absolute atomic E-state index is 12.7. The number of benzene rings is 2. The summed E-state index contributed by atoms with van der Waals surface area (Å²) in [5.74, 6) is -0.103. The summed E-state index contributed by atoms with van der Waals surface area (Å²) < 4.78 is 0. The van der Waals surface area contributed by atoms with Gasteiger partial charge in [-0.05, 0) is 18.1 Å². The molecule has 0 saturated carbocycles. The van der Waals surface area contributed by atoms with Gasteiger partial charge < -0.3 is 10.6 Å². The van der Waals surface area contributed by atoms with E-state index < -0.39 is 6.04 Å². The van der Waals surface area contributed by atoms with E-state index in [4.69, 9.17) is 0 Å². The molecule has 28 heavy (non-hydrogen) atoms. The van der Waals surface area contributed by atoms with Gasteiger partial charge in [0.2, 0.25) is 5.91 Å². The van der Waals surface area contributed by atoms with E-state index in [0.717, 1.165) is 5.56 Å². The first-order valence-electron chi connectivity index (χ1n) is 9.09. The highest BCUT2D eigenvalue weighted by Gasteiger charge is 2.25. The van der Waals surface area contributed by atoms with Crippen LogP contribution in [-0.4, -0.2) is 27.8 Å². The molecule has 0 aliphatic carbocycles. The first-order valence-corrected chi connectivity index (χ1v) is 9.09. The SMILES string of the molecule is CC(C)C(NC(=O)c1ccccc1)C(=O)Nc1cnc(-c2ccccc2)nc1. The monoisotopic (exact) mass is 374 g/mol. The summed E-state index contributed by atoms with van der Waals surface area (Å²) in [5.41, 5.74) is 1.89. The lowest BCUT2D eigenvalue weighted by Crippen LogP contribution is -2.47. The number of nitrogens with zero attached hydrogens (tertiary/aromatic N) is 2. The van der Waals surface area contributed by atoms with Gasteiger partial charge >= 0.3 is 0 Å². The number of aromatic nitrogens is 2. The molecular formula is C22H22N4O2. The Morgan fingerprint density at radius 1 is 0.857 bits per heavy atom. The Kier molecular flexibility index (Phi) is 6.11. The van der Waals surface area contributed by atoms with Crippen LogP contribution in [0.1, 0.15) is 24.2 Å². The third-order valence-electron chi connectivity index (χ3n) is 4.22. The van der Waals surface area contributed by atoms with E-state index in [1.807, 2.05) is 50.2 Å². The minimum absolute atomic E-state index is 0.0860. The molecule has 0 aliphatic rings. The lowest BCUT2D eigenvalue weighted by molar-refractivity contribution is -0.118. The molecule has 1 heterocycles. The topological polar surface area (TPSA) is 84.0 Å². The number of hydrogen-bond donors (Lipinski definition) is 2. The number of hydrogen-bond acceptors (Lipinski definition) is 4. The second-order valence-corrected chi connectivity index (χ2v) is 6.71. The quantitative estimate of drug-likeness (QED) is 0.691. The Bertz CT molecular complexity index is 926. The smallest absolute Gasteiger partial charge is 0.251 e. The molecule has 142 valence electrons. The van der Waals surface area contributed by atoms with Crippen molar-refractivity contribution in [3.63, 3.8) is 0 Å². The van der Waals surface area contributed by atoms with Crippen LogP contribution >= 0.6 is 0 Å². The zero-order valence-electron chi connectivity index (χ0n) is 15.8. The van der Waals surface area contributed by atoms with Crippen LogP contribution in [0.25, 0.3) is 11.4 Å². The van der Waals surface area contributed by atoms with E-state index in [1.165, 1.54) is 0 Å². The second-order valence-electron chi connectivity index (χ2n) is 6.71. The fourth-order valence-corrected chi connectivity index (χ4v) is 2.70. The van der Waals surface area contributed by atoms with Crippen molar-refractivity contribution in [3.8, 4) is 11.4 Å². The second kappa shape index (κ2) is 8.90. The van der Waals surface area contributed by atoms with Crippen LogP contribution in [0.2, 0.25) is 0 Å². The maximum atomic E-state index is 12.7. The van der Waals surface area contributed by atoms with Gasteiger partial charge in [-0.3, -0.25) is 9.59 Å². The number of carbonyl (C=O) groups is 2. The number of rotatable bonds is 6. The molecule has 2 N–H and O–H groups in total. The molecule has 0 aliphatic heterocycles. The molecule has 0 fully saturated rings. The van der Waals surface area contributed by atoms with Gasteiger partial charge in [-0.15, -0.1) is 0 Å². The average Bonchev–Trinajstić information content (AvgIpc) is 2.73. The van der Waals surface area contributed by atoms with Crippen molar-refractivity contribution in [2.24, 2.45) is 5.92 Å². The molecule has 2 aromatic carbocycles. The van der Waals surface area contributed by atoms with Crippen molar-refractivity contribution in [2.45, 2.75) is 19.9 Å². The van der Waals surface area contributed by atoms with Crippen LogP contribution in [0.3, 0.4) is 0 Å². The molecule has 6 nitrogen and oxygen atoms in total. The molecule has 0 spiro atoms. The van der Waals surface area contributed by atoms with Crippen LogP contribution in [0, 0.1) is 5.92 Å². The number of amides is 2. The zero-order valence-corrected chi connectivity index (χ0v) is 15.8. The highest BCUT2D eigenvalue weighted by atomic mass is 16.2. The Balaban J connectivity index is 1.68. The van der Waals surface area contributed by atoms with E-state index in [9.17, 15) is 9.59 Å². The van der Waals surface area contributed by atoms with Crippen LogP contribution in [0.4, 0.5) is 5.69 Å². The first kappa shape index (κ1) is 19.2. The molecule has 1 atom stereocenters. The highest BCUT2D eigenvalue weighted by molar-refractivity contribution is 6.01. The molecule has 6 heteroatoms. The van der Waals surface area contributed by atoms with E-state index in [0.29, 0.717) is 17.1 Å². The molecule has 1 aromatic heterocycles. The van der Waals surface area contributed by atoms with Crippen molar-refractivity contribution in [2.75, 3.05) is 5.32 Å². The van der Waals surface area contributed by atoms with Gasteiger partial charge in [0.25, 0.3) is 5.91 Å². The standard InChI is InChI=1S/C22H22N4O2/c1-15(2)19(26-21(27)17-11-7-4-8-12-17)22(28)25-18-13-23-20(24-14-18)16-9-5-3-6-10-16/h3-15,19H,1-2H3,(H,25,28)(H,26,27). The van der Waals surface area contributed by atoms with Gasteiger partial charge in [0.15, 0.2) is 5.82 Å². The minimum atomic E-state index is -0.679. The van der Waals surface area contributed by atoms with Gasteiger partial charge in [-0.25, -0.2) is 9.97 Å². The van der Waals surface area contributed by atoms with Crippen LogP contribution in [0.5, 0.6) is 0 Å². The number of anilines is 1. The van der Waals surface area contributed by atoms with Gasteiger partial charge in [0.1, 0.15) is 6.04 Å². The largest absolute Gasteiger partial charge is 0.340 e. The predicted octanol–water partition coefficient (Wildman–Crippen LogP) is 3.54. The van der Waals surface area contributed by atoms with Crippen molar-refractivity contribution in [1.82, 2.24) is 15.3 Å². The summed E-state index contributed by atoms with van der Waals surface area (Å²) in [4.78, 5) is 33.7. The molecule has 0 saturated heterocycles. The minimum Gasteiger partial charge on any atom is -0.340 e. The molecule has 3 aromatic rings. The van der Waals surface area contributed by atoms with Gasteiger partial charge in [0.05, 0.1) is 18.1 Å². The normalized spacial score (nSPS) is 11.7. The third kappa shape index (κ3) is 4.79. The lowest BCUT2D eigenvalue weighted by Gasteiger charge is -2.21. The predicted molar refractivity (Wildman–Crippen MR) is 109 cm³/mol. The molecule has 1 unspecified atom stereocenters. The van der Waals surface area contributed by atoms with Gasteiger partial charge in [-0.2, -0.15) is 0 Å². The van der Waals surface area contributed by atoms with Crippen molar-refractivity contribution >= 4 is 17.5 Å². The van der Waals surface area contributed by atoms with Crippen molar-refractivity contribution in [3.05, 3.63) is 78.6 Å². The summed E-state index contributed by atoms with van der Waals surface area (Å²) >= 11 is 0. The van der Waals surface area contributed by atoms with E-state index >= 15 is 0 Å². The van der Waals surface area contributed by atoms with E-state index in [2.05, 4.69) is 20.6 Å². The summed E-state index contributed by atoms with van der Waals surface area (Å²) in [6.45, 7) is 3.76. The van der Waals surface area contributed by atoms with E-state index in [-0.39, 0.29) is 17.7 Å². The molecule has 0 radical (unpaired) electrons. The van der Waals surface area contributed by atoms with Crippen LogP contribution in [-0.2, 0) is 4.79 Å². The number of nitrogens with one attached hydrogen (secondary N) is 2. The van der Waals surface area contributed by atoms with Crippen LogP contribution < -0.4 is 10.6 Å². The van der Waals surface area contributed by atoms with Crippen molar-refractivity contribution in [1.29, 1.82) is 0 Å².